The minimum Gasteiger partial charge on any atom is -0.440 e. The second-order valence-corrected chi connectivity index (χ2v) is 18.6. The zero-order valence-electron chi connectivity index (χ0n) is 29.9. The molecular formula is C30H38N10O14P3S+. The van der Waals surface area contributed by atoms with Crippen LogP contribution in [0.5, 0.6) is 0 Å². The average molecular weight is 888 g/mol. The van der Waals surface area contributed by atoms with Gasteiger partial charge in [0.2, 0.25) is 16.9 Å². The molecule has 6 rings (SSSR count). The number of aromatic nitrogens is 5. The van der Waals surface area contributed by atoms with Gasteiger partial charge in [-0.2, -0.15) is 8.88 Å². The van der Waals surface area contributed by atoms with Crippen molar-refractivity contribution >= 4 is 96.3 Å². The number of amides is 2. The standard InChI is InChI=1S/C30H37N10O14P3S/c31-18-5-3-16-10-17-4-6-19(32)12-21(17)39(20(16)11-18)9-1-2-23(41)34-7-8-35-30(43)52-26-22(13-50-55(44,45)53-56(46,47)54-57(48,49)58)51-29(25(26)42)40-15-38-24-27(33)36-14-37-28(24)40/h3-6,10-12,14-15,22,25-26,29,42H,1-2,7-9,13H2,(H11,31,32,33,34,35,36,37,41,43,44,45,46,47,48,49,58)/p+1/t22-,25-,26-,29-/m1/s1. The number of nitrogens with zero attached hydrogens (tertiary/aromatic N) is 5. The van der Waals surface area contributed by atoms with Crippen molar-refractivity contribution in [1.29, 1.82) is 0 Å². The van der Waals surface area contributed by atoms with E-state index in [-0.39, 0.29) is 42.4 Å². The first-order valence-corrected chi connectivity index (χ1v) is 22.6. The third kappa shape index (κ3) is 10.6. The fourth-order valence-corrected chi connectivity index (χ4v) is 9.93. The molecule has 24 nitrogen and oxygen atoms in total. The molecule has 13 N–H and O–H groups in total. The van der Waals surface area contributed by atoms with E-state index in [9.17, 15) is 33.6 Å². The van der Waals surface area contributed by atoms with Crippen molar-refractivity contribution in [2.75, 3.05) is 36.9 Å². The first-order chi connectivity index (χ1) is 27.3. The van der Waals surface area contributed by atoms with Crippen LogP contribution in [0.4, 0.5) is 22.0 Å². The predicted molar refractivity (Wildman–Crippen MR) is 207 cm³/mol. The smallest absolute Gasteiger partial charge is 0.440 e. The third-order valence-electron chi connectivity index (χ3n) is 8.54. The second-order valence-electron chi connectivity index (χ2n) is 12.7. The normalized spacial score (nSPS) is 20.5. The Balaban J connectivity index is 1.05. The van der Waals surface area contributed by atoms with Crippen LogP contribution in [-0.2, 0) is 54.9 Å². The van der Waals surface area contributed by atoms with Crippen molar-refractivity contribution in [3.8, 4) is 0 Å². The molecule has 6 atom stereocenters. The number of hydrogen-bond donors (Lipinski definition) is 10. The van der Waals surface area contributed by atoms with Crippen LogP contribution in [0, 0.1) is 0 Å². The van der Waals surface area contributed by atoms with Crippen molar-refractivity contribution in [2.45, 2.75) is 43.9 Å². The number of hydrogen-bond acceptors (Lipinski definition) is 17. The minimum absolute atomic E-state index is 0.00532. The maximum Gasteiger partial charge on any atom is 0.488 e. The maximum atomic E-state index is 12.9. The van der Waals surface area contributed by atoms with Crippen molar-refractivity contribution in [3.05, 3.63) is 55.1 Å². The van der Waals surface area contributed by atoms with Crippen LogP contribution in [0.1, 0.15) is 19.1 Å². The van der Waals surface area contributed by atoms with Crippen LogP contribution in [0.25, 0.3) is 33.0 Å². The average Bonchev–Trinajstić information content (AvgIpc) is 3.69. The molecule has 0 bridgehead atoms. The van der Waals surface area contributed by atoms with Crippen LogP contribution >= 0.6 is 22.4 Å². The van der Waals surface area contributed by atoms with E-state index < -0.39 is 59.6 Å². The summed E-state index contributed by atoms with van der Waals surface area (Å²) in [5, 5.41) is 18.3. The molecule has 28 heteroatoms. The molecule has 0 saturated carbocycles. The molecule has 0 spiro atoms. The summed E-state index contributed by atoms with van der Waals surface area (Å²) in [5.74, 6) is -0.308. The van der Waals surface area contributed by atoms with Gasteiger partial charge in [0.25, 0.3) is 0 Å². The van der Waals surface area contributed by atoms with Gasteiger partial charge in [-0.15, -0.1) is 0 Å². The molecule has 312 valence electrons. The molecule has 3 aromatic heterocycles. The van der Waals surface area contributed by atoms with Gasteiger partial charge >= 0.3 is 28.5 Å². The Morgan fingerprint density at radius 3 is 2.22 bits per heavy atom. The maximum absolute atomic E-state index is 12.9. The first-order valence-electron chi connectivity index (χ1n) is 17.0. The van der Waals surface area contributed by atoms with E-state index in [1.807, 2.05) is 42.5 Å². The number of ether oxygens (including phenoxy) is 2. The highest BCUT2D eigenvalue weighted by molar-refractivity contribution is 8.08. The van der Waals surface area contributed by atoms with Gasteiger partial charge in [-0.3, -0.25) is 13.9 Å². The Bertz CT molecular complexity index is 2450. The molecule has 5 aromatic rings. The largest absolute Gasteiger partial charge is 0.488 e. The molecule has 0 aliphatic carbocycles. The molecule has 58 heavy (non-hydrogen) atoms. The summed E-state index contributed by atoms with van der Waals surface area (Å²) in [7, 11) is -11.2. The highest BCUT2D eigenvalue weighted by Gasteiger charge is 2.49. The highest BCUT2D eigenvalue weighted by Crippen LogP contribution is 2.66. The number of alkyl carbamates (subject to hydrolysis) is 1. The SMILES string of the molecule is Nc1ccc2cc3ccc(N)cc3[n+](CCCC(=O)NCCNC(=O)O[C@H]3[C@@H](O)[C@H](n4cnc5c(N)ncnc54)O[C@@H]3COP(=O)(O)OP(=O)(O)OP(O)(O)=S)c2c1. The number of phosphoric acid groups is 2. The van der Waals surface area contributed by atoms with Gasteiger partial charge in [-0.05, 0) is 42.1 Å². The van der Waals surface area contributed by atoms with Gasteiger partial charge in [-0.25, -0.2) is 33.2 Å². The quantitative estimate of drug-likeness (QED) is 0.0213. The number of anilines is 3. The monoisotopic (exact) mass is 887 g/mol. The van der Waals surface area contributed by atoms with E-state index in [0.717, 1.165) is 28.1 Å². The van der Waals surface area contributed by atoms with Crippen LogP contribution in [0.2, 0.25) is 0 Å². The number of imidazole rings is 1. The Morgan fingerprint density at radius 1 is 0.914 bits per heavy atom. The summed E-state index contributed by atoms with van der Waals surface area (Å²) in [6, 6.07) is 13.2. The lowest BCUT2D eigenvalue weighted by Crippen LogP contribution is -2.42. The zero-order chi connectivity index (χ0) is 42.0. The zero-order valence-corrected chi connectivity index (χ0v) is 33.4. The van der Waals surface area contributed by atoms with E-state index in [4.69, 9.17) is 41.0 Å². The summed E-state index contributed by atoms with van der Waals surface area (Å²) in [4.78, 5) is 75.6. The van der Waals surface area contributed by atoms with Crippen LogP contribution in [0.15, 0.2) is 55.1 Å². The van der Waals surface area contributed by atoms with Gasteiger partial charge in [0.05, 0.1) is 12.9 Å². The number of nitrogens with two attached hydrogens (primary N) is 3. The molecule has 2 amide bonds. The fraction of sp³-hybridized carbons (Fsp3) is 0.333. The number of rotatable bonds is 16. The number of fused-ring (bicyclic) bond motifs is 3. The number of aliphatic hydroxyl groups excluding tert-OH is 1. The molecular weight excluding hydrogens is 849 g/mol. The number of aliphatic hydroxyl groups is 1. The first kappa shape index (κ1) is 43.1. The Kier molecular flexibility index (Phi) is 13.0. The summed E-state index contributed by atoms with van der Waals surface area (Å²) in [6.07, 6.45) is -4.59. The lowest BCUT2D eigenvalue weighted by molar-refractivity contribution is -0.645. The molecule has 1 saturated heterocycles. The second kappa shape index (κ2) is 17.4. The number of benzene rings is 2. The van der Waals surface area contributed by atoms with E-state index in [0.29, 0.717) is 24.3 Å². The van der Waals surface area contributed by atoms with Gasteiger partial charge in [0.15, 0.2) is 23.8 Å². The number of nitrogens with one attached hydrogen (secondary N) is 2. The van der Waals surface area contributed by atoms with E-state index in [1.165, 1.54) is 10.9 Å². The topological polar surface area (TPSA) is 365 Å². The van der Waals surface area contributed by atoms with Crippen molar-refractivity contribution in [2.24, 2.45) is 0 Å². The number of nitrogen functional groups attached to an aromatic ring is 3. The number of phosphoric ester groups is 1. The lowest BCUT2D eigenvalue weighted by atomic mass is 10.1. The number of pyridine rings is 1. The molecule has 2 unspecified atom stereocenters. The predicted octanol–water partition coefficient (Wildman–Crippen LogP) is 0.576. The summed E-state index contributed by atoms with van der Waals surface area (Å²) in [6.45, 7) is -5.54. The van der Waals surface area contributed by atoms with Crippen LogP contribution in [-0.4, -0.2) is 94.2 Å². The Hall–Kier alpha value is -4.45. The van der Waals surface area contributed by atoms with Gasteiger partial charge in [0.1, 0.15) is 30.6 Å². The van der Waals surface area contributed by atoms with Crippen molar-refractivity contribution in [3.63, 3.8) is 0 Å². The van der Waals surface area contributed by atoms with Crippen LogP contribution < -0.4 is 32.4 Å². The fourth-order valence-electron chi connectivity index (χ4n) is 6.15. The van der Waals surface area contributed by atoms with Crippen molar-refractivity contribution < 1.29 is 70.6 Å². The third-order valence-corrected chi connectivity index (χ3v) is 12.9. The number of carbonyl (C=O) groups excluding carboxylic acids is 2. The molecule has 0 radical (unpaired) electrons. The molecule has 1 aliphatic rings. The Morgan fingerprint density at radius 2 is 1.57 bits per heavy atom. The van der Waals surface area contributed by atoms with E-state index in [2.05, 4.69) is 50.6 Å². The summed E-state index contributed by atoms with van der Waals surface area (Å²) < 4.78 is 51.6. The van der Waals surface area contributed by atoms with Crippen LogP contribution in [0.3, 0.4) is 0 Å². The van der Waals surface area contributed by atoms with Gasteiger partial charge in [0, 0.05) is 60.2 Å². The van der Waals surface area contributed by atoms with E-state index >= 15 is 0 Å². The van der Waals surface area contributed by atoms with Crippen molar-refractivity contribution in [1.82, 2.24) is 30.2 Å². The van der Waals surface area contributed by atoms with E-state index in [1.54, 1.807) is 0 Å². The summed E-state index contributed by atoms with van der Waals surface area (Å²) >= 11 is 4.07. The molecule has 4 heterocycles. The minimum atomic E-state index is -5.65. The number of aryl methyl sites for hydroxylation is 1. The summed E-state index contributed by atoms with van der Waals surface area (Å²) in [5.41, 5.74) is 21.1. The van der Waals surface area contributed by atoms with Gasteiger partial charge in [-0.1, -0.05) is 0 Å². The highest BCUT2D eigenvalue weighted by atomic mass is 32.5. The van der Waals surface area contributed by atoms with Gasteiger partial charge < -0.3 is 62.0 Å². The molecule has 1 aliphatic heterocycles. The molecule has 2 aromatic carbocycles. The Labute approximate surface area is 332 Å². The molecule has 1 fully saturated rings. The lowest BCUT2D eigenvalue weighted by Gasteiger charge is -2.22. The number of carbonyl (C=O) groups is 2.